The topological polar surface area (TPSA) is 29.5 Å². The number of aliphatic hydroxyl groups is 1. The Morgan fingerprint density at radius 2 is 1.80 bits per heavy atom. The van der Waals surface area contributed by atoms with Gasteiger partial charge in [0.1, 0.15) is 0 Å². The Morgan fingerprint density at radius 1 is 1.30 bits per heavy atom. The smallest absolute Gasteiger partial charge is 0.0701 e. The molecule has 2 heteroatoms. The Balaban J connectivity index is -0.0000000600. The molecule has 10 heavy (non-hydrogen) atoms. The minimum atomic E-state index is 0. The maximum atomic E-state index is 8.13. The summed E-state index contributed by atoms with van der Waals surface area (Å²) in [6.45, 7) is 4.45. The summed E-state index contributed by atoms with van der Waals surface area (Å²) in [5.41, 5.74) is 0. The summed E-state index contributed by atoms with van der Waals surface area (Å²) in [6, 6.07) is 0. The Kier molecular flexibility index (Phi) is 52.9. The first kappa shape index (κ1) is 22.6. The predicted octanol–water partition coefficient (Wildman–Crippen LogP) is 2.09. The highest BCUT2D eigenvalue weighted by Crippen LogP contribution is 1.70. The molecule has 0 saturated heterocycles. The van der Waals surface area contributed by atoms with Gasteiger partial charge < -0.3 is 9.84 Å². The van der Waals surface area contributed by atoms with Crippen molar-refractivity contribution in [2.75, 3.05) is 19.8 Å². The van der Waals surface area contributed by atoms with Gasteiger partial charge in [0.2, 0.25) is 0 Å². The first-order valence-electron chi connectivity index (χ1n) is 2.21. The predicted molar refractivity (Wildman–Crippen MR) is 48.3 cm³/mol. The van der Waals surface area contributed by atoms with Crippen LogP contribution in [-0.2, 0) is 4.74 Å². The monoisotopic (exact) mass is 150 g/mol. The molecule has 0 aromatic rings. The van der Waals surface area contributed by atoms with E-state index in [4.69, 9.17) is 9.84 Å². The van der Waals surface area contributed by atoms with E-state index < -0.39 is 0 Å². The maximum Gasteiger partial charge on any atom is 0.0701 e. The zero-order valence-corrected chi connectivity index (χ0v) is 4.26. The van der Waals surface area contributed by atoms with Crippen LogP contribution in [0.2, 0.25) is 0 Å². The summed E-state index contributed by atoms with van der Waals surface area (Å²) in [5, 5.41) is 8.13. The molecule has 0 aliphatic carbocycles. The fourth-order valence-corrected chi connectivity index (χ4v) is 0.231. The molecular formula is C8H22O2. The maximum absolute atomic E-state index is 8.13. The van der Waals surface area contributed by atoms with Gasteiger partial charge in [-0.05, 0) is 0 Å². The SMILES string of the molecule is C.C.C.C=CCOCCO. The van der Waals surface area contributed by atoms with Crippen LogP contribution >= 0.6 is 0 Å². The van der Waals surface area contributed by atoms with Gasteiger partial charge in [-0.25, -0.2) is 0 Å². The van der Waals surface area contributed by atoms with Crippen LogP contribution in [0.25, 0.3) is 0 Å². The van der Waals surface area contributed by atoms with Crippen LogP contribution in [0.3, 0.4) is 0 Å². The standard InChI is InChI=1S/C5H10O2.3CH4/c1-2-4-7-5-3-6;;;/h2,6H,1,3-5H2;3*1H4. The molecule has 0 atom stereocenters. The third-order valence-electron chi connectivity index (χ3n) is 0.471. The summed E-state index contributed by atoms with van der Waals surface area (Å²) in [5.74, 6) is 0. The van der Waals surface area contributed by atoms with E-state index in [1.807, 2.05) is 0 Å². The quantitative estimate of drug-likeness (QED) is 0.491. The molecule has 0 amide bonds. The lowest BCUT2D eigenvalue weighted by Gasteiger charge is -1.92. The molecule has 0 aromatic heterocycles. The van der Waals surface area contributed by atoms with E-state index >= 15 is 0 Å². The molecule has 0 aliphatic rings. The Hall–Kier alpha value is -0.340. The van der Waals surface area contributed by atoms with E-state index in [0.717, 1.165) is 0 Å². The molecule has 0 aromatic carbocycles. The van der Waals surface area contributed by atoms with Gasteiger partial charge in [-0.2, -0.15) is 0 Å². The van der Waals surface area contributed by atoms with Gasteiger partial charge in [-0.3, -0.25) is 0 Å². The molecule has 66 valence electrons. The van der Waals surface area contributed by atoms with Crippen molar-refractivity contribution in [1.29, 1.82) is 0 Å². The number of ether oxygens (including phenoxy) is 1. The van der Waals surface area contributed by atoms with Crippen molar-refractivity contribution < 1.29 is 9.84 Å². The molecule has 0 bridgehead atoms. The van der Waals surface area contributed by atoms with Crippen molar-refractivity contribution in [3.8, 4) is 0 Å². The highest BCUT2D eigenvalue weighted by atomic mass is 16.5. The van der Waals surface area contributed by atoms with Crippen molar-refractivity contribution in [1.82, 2.24) is 0 Å². The minimum absolute atomic E-state index is 0. The Morgan fingerprint density at radius 3 is 2.10 bits per heavy atom. The molecule has 0 spiro atoms. The van der Waals surface area contributed by atoms with Crippen LogP contribution in [-0.4, -0.2) is 24.9 Å². The van der Waals surface area contributed by atoms with Crippen LogP contribution < -0.4 is 0 Å². The van der Waals surface area contributed by atoms with E-state index in [1.165, 1.54) is 0 Å². The lowest BCUT2D eigenvalue weighted by atomic mass is 10.7. The zero-order valence-electron chi connectivity index (χ0n) is 4.26. The van der Waals surface area contributed by atoms with Gasteiger partial charge in [0.05, 0.1) is 19.8 Å². The lowest BCUT2D eigenvalue weighted by Crippen LogP contribution is -1.97. The average molecular weight is 150 g/mol. The normalized spacial score (nSPS) is 6.10. The molecule has 0 radical (unpaired) electrons. The van der Waals surface area contributed by atoms with Gasteiger partial charge in [0.25, 0.3) is 0 Å². The van der Waals surface area contributed by atoms with Crippen molar-refractivity contribution in [2.24, 2.45) is 0 Å². The molecule has 1 N–H and O–H groups in total. The van der Waals surface area contributed by atoms with Gasteiger partial charge in [0.15, 0.2) is 0 Å². The minimum Gasteiger partial charge on any atom is -0.394 e. The highest BCUT2D eigenvalue weighted by Gasteiger charge is 1.75. The second-order valence-corrected chi connectivity index (χ2v) is 1.09. The lowest BCUT2D eigenvalue weighted by molar-refractivity contribution is 0.112. The van der Waals surface area contributed by atoms with Gasteiger partial charge >= 0.3 is 0 Å². The molecule has 0 rings (SSSR count). The third kappa shape index (κ3) is 25.4. The third-order valence-corrected chi connectivity index (χ3v) is 0.471. The van der Waals surface area contributed by atoms with Crippen LogP contribution in [0.5, 0.6) is 0 Å². The molecular weight excluding hydrogens is 128 g/mol. The number of hydrogen-bond acceptors (Lipinski definition) is 2. The van der Waals surface area contributed by atoms with E-state index in [9.17, 15) is 0 Å². The fraction of sp³-hybridized carbons (Fsp3) is 0.750. The van der Waals surface area contributed by atoms with Crippen molar-refractivity contribution in [2.45, 2.75) is 22.3 Å². The van der Waals surface area contributed by atoms with Gasteiger partial charge in [-0.15, -0.1) is 6.58 Å². The van der Waals surface area contributed by atoms with Crippen LogP contribution in [0.4, 0.5) is 0 Å². The number of aliphatic hydroxyl groups excluding tert-OH is 1. The second kappa shape index (κ2) is 23.4. The molecule has 0 heterocycles. The second-order valence-electron chi connectivity index (χ2n) is 1.09. The van der Waals surface area contributed by atoms with Crippen molar-refractivity contribution in [3.05, 3.63) is 12.7 Å². The van der Waals surface area contributed by atoms with Crippen LogP contribution in [0.15, 0.2) is 12.7 Å². The molecule has 0 fully saturated rings. The van der Waals surface area contributed by atoms with E-state index in [2.05, 4.69) is 6.58 Å². The van der Waals surface area contributed by atoms with Crippen LogP contribution in [0.1, 0.15) is 22.3 Å². The number of hydrogen-bond donors (Lipinski definition) is 1. The zero-order chi connectivity index (χ0) is 5.54. The Labute approximate surface area is 65.5 Å². The van der Waals surface area contributed by atoms with Crippen LogP contribution in [0, 0.1) is 0 Å². The fourth-order valence-electron chi connectivity index (χ4n) is 0.231. The van der Waals surface area contributed by atoms with Crippen molar-refractivity contribution >= 4 is 0 Å². The Bertz CT molecular complexity index is 44.5. The van der Waals surface area contributed by atoms with Gasteiger partial charge in [0, 0.05) is 0 Å². The first-order valence-corrected chi connectivity index (χ1v) is 2.21. The summed E-state index contributed by atoms with van der Waals surface area (Å²) in [4.78, 5) is 0. The molecule has 0 aliphatic heterocycles. The molecule has 0 unspecified atom stereocenters. The van der Waals surface area contributed by atoms with E-state index in [1.54, 1.807) is 6.08 Å². The summed E-state index contributed by atoms with van der Waals surface area (Å²) < 4.78 is 4.76. The van der Waals surface area contributed by atoms with Gasteiger partial charge in [-0.1, -0.05) is 28.4 Å². The number of rotatable bonds is 4. The molecule has 0 saturated carbocycles. The largest absolute Gasteiger partial charge is 0.394 e. The molecule has 2 nitrogen and oxygen atoms in total. The highest BCUT2D eigenvalue weighted by molar-refractivity contribution is 4.63. The first-order chi connectivity index (χ1) is 3.41. The average Bonchev–Trinajstić information content (AvgIpc) is 1.69. The summed E-state index contributed by atoms with van der Waals surface area (Å²) >= 11 is 0. The van der Waals surface area contributed by atoms with Crippen molar-refractivity contribution in [3.63, 3.8) is 0 Å². The van der Waals surface area contributed by atoms with E-state index in [-0.39, 0.29) is 28.9 Å². The summed E-state index contributed by atoms with van der Waals surface area (Å²) in [7, 11) is 0. The van der Waals surface area contributed by atoms with E-state index in [0.29, 0.717) is 13.2 Å². The summed E-state index contributed by atoms with van der Waals surface area (Å²) in [6.07, 6.45) is 1.65.